The van der Waals surface area contributed by atoms with Crippen LogP contribution in [0.4, 0.5) is 4.79 Å². The van der Waals surface area contributed by atoms with Crippen molar-refractivity contribution in [2.45, 2.75) is 43.8 Å². The topological polar surface area (TPSA) is 76.1 Å². The Morgan fingerprint density at radius 1 is 1.33 bits per heavy atom. The van der Waals surface area contributed by atoms with Crippen LogP contribution in [0.15, 0.2) is 23.1 Å². The number of carbonyl (C=O) groups excluding carboxylic acids is 1. The lowest BCUT2D eigenvalue weighted by atomic mass is 10.2. The van der Waals surface area contributed by atoms with Gasteiger partial charge in [-0.2, -0.15) is 0 Å². The van der Waals surface area contributed by atoms with Gasteiger partial charge in [0, 0.05) is 17.9 Å². The number of likely N-dealkylation sites (tertiary alicyclic amines) is 1. The first kappa shape index (κ1) is 18.4. The molecule has 0 aromatic heterocycles. The molecule has 1 unspecified atom stereocenters. The molecule has 1 fully saturated rings. The third-order valence-corrected chi connectivity index (χ3v) is 4.23. The second kappa shape index (κ2) is 7.34. The fourth-order valence-corrected chi connectivity index (χ4v) is 2.83. The molecule has 0 aliphatic carbocycles. The molecule has 1 heterocycles. The minimum Gasteiger partial charge on any atom is -0.488 e. The zero-order valence-corrected chi connectivity index (χ0v) is 15.2. The number of ether oxygens (including phenoxy) is 2. The van der Waals surface area contributed by atoms with E-state index in [-0.39, 0.29) is 17.8 Å². The van der Waals surface area contributed by atoms with Gasteiger partial charge in [0.1, 0.15) is 23.0 Å². The fourth-order valence-electron chi connectivity index (χ4n) is 2.40. The quantitative estimate of drug-likeness (QED) is 0.835. The minimum absolute atomic E-state index is 0.128. The number of carboxylic acid groups (broad SMARTS) is 1. The van der Waals surface area contributed by atoms with Gasteiger partial charge >= 0.3 is 12.1 Å². The number of nitrogens with zero attached hydrogens (tertiary/aromatic N) is 1. The standard InChI is InChI=1S/C17H23NO5S/c1-17(2,3)23-16(21)18-8-7-11(10-18)22-14-9-12(24-4)5-6-13(14)15(19)20/h5-6,9,11H,7-8,10H2,1-4H3,(H,19,20). The molecular weight excluding hydrogens is 330 g/mol. The molecule has 1 amide bonds. The normalized spacial score (nSPS) is 17.7. The molecule has 1 N–H and O–H groups in total. The van der Waals surface area contributed by atoms with Gasteiger partial charge < -0.3 is 19.5 Å². The molecule has 1 aromatic rings. The predicted molar refractivity (Wildman–Crippen MR) is 92.0 cm³/mol. The van der Waals surface area contributed by atoms with E-state index in [4.69, 9.17) is 9.47 Å². The number of rotatable bonds is 4. The van der Waals surface area contributed by atoms with Crippen molar-refractivity contribution in [2.24, 2.45) is 0 Å². The van der Waals surface area contributed by atoms with Gasteiger partial charge in [-0.3, -0.25) is 0 Å². The van der Waals surface area contributed by atoms with Crippen LogP contribution in [0.1, 0.15) is 37.6 Å². The van der Waals surface area contributed by atoms with Crippen LogP contribution in [0, 0.1) is 0 Å². The van der Waals surface area contributed by atoms with Gasteiger partial charge in [-0.05, 0) is 45.2 Å². The van der Waals surface area contributed by atoms with Gasteiger partial charge in [-0.15, -0.1) is 11.8 Å². The van der Waals surface area contributed by atoms with Gasteiger partial charge in [0.15, 0.2) is 0 Å². The molecule has 1 aliphatic heterocycles. The highest BCUT2D eigenvalue weighted by molar-refractivity contribution is 7.98. The number of amides is 1. The third kappa shape index (κ3) is 4.80. The molecule has 1 aromatic carbocycles. The van der Waals surface area contributed by atoms with Gasteiger partial charge in [-0.1, -0.05) is 0 Å². The van der Waals surface area contributed by atoms with Crippen LogP contribution < -0.4 is 4.74 Å². The predicted octanol–water partition coefficient (Wildman–Crippen LogP) is 3.49. The van der Waals surface area contributed by atoms with Crippen LogP contribution in [-0.4, -0.2) is 53.1 Å². The Labute approximate surface area is 146 Å². The number of thioether (sulfide) groups is 1. The molecule has 0 bridgehead atoms. The van der Waals surface area contributed by atoms with Crippen LogP contribution in [0.3, 0.4) is 0 Å². The van der Waals surface area contributed by atoms with Crippen molar-refractivity contribution >= 4 is 23.8 Å². The third-order valence-electron chi connectivity index (χ3n) is 3.51. The lowest BCUT2D eigenvalue weighted by molar-refractivity contribution is 0.0274. The van der Waals surface area contributed by atoms with Crippen LogP contribution in [0.5, 0.6) is 5.75 Å². The molecule has 0 spiro atoms. The van der Waals surface area contributed by atoms with Crippen LogP contribution in [0.25, 0.3) is 0 Å². The van der Waals surface area contributed by atoms with Crippen molar-refractivity contribution in [2.75, 3.05) is 19.3 Å². The van der Waals surface area contributed by atoms with Crippen LogP contribution in [0.2, 0.25) is 0 Å². The SMILES string of the molecule is CSc1ccc(C(=O)O)c(OC2CCN(C(=O)OC(C)(C)C)C2)c1. The van der Waals surface area contributed by atoms with Crippen molar-refractivity contribution < 1.29 is 24.2 Å². The zero-order chi connectivity index (χ0) is 17.9. The van der Waals surface area contributed by atoms with Crippen molar-refractivity contribution in [1.82, 2.24) is 4.90 Å². The Morgan fingerprint density at radius 3 is 2.62 bits per heavy atom. The number of carbonyl (C=O) groups is 2. The van der Waals surface area contributed by atoms with Crippen molar-refractivity contribution in [3.63, 3.8) is 0 Å². The lowest BCUT2D eigenvalue weighted by Crippen LogP contribution is -2.36. The summed E-state index contributed by atoms with van der Waals surface area (Å²) >= 11 is 1.52. The van der Waals surface area contributed by atoms with E-state index < -0.39 is 11.6 Å². The summed E-state index contributed by atoms with van der Waals surface area (Å²) < 4.78 is 11.2. The van der Waals surface area contributed by atoms with Crippen molar-refractivity contribution in [3.8, 4) is 5.75 Å². The smallest absolute Gasteiger partial charge is 0.410 e. The molecule has 7 heteroatoms. The summed E-state index contributed by atoms with van der Waals surface area (Å²) in [5, 5.41) is 9.30. The van der Waals surface area contributed by atoms with Gasteiger partial charge in [-0.25, -0.2) is 9.59 Å². The van der Waals surface area contributed by atoms with Gasteiger partial charge in [0.2, 0.25) is 0 Å². The molecule has 0 radical (unpaired) electrons. The van der Waals surface area contributed by atoms with E-state index in [1.807, 2.05) is 27.0 Å². The summed E-state index contributed by atoms with van der Waals surface area (Å²) in [7, 11) is 0. The zero-order valence-electron chi connectivity index (χ0n) is 14.4. The van der Waals surface area contributed by atoms with Gasteiger partial charge in [0.25, 0.3) is 0 Å². The molecule has 132 valence electrons. The summed E-state index contributed by atoms with van der Waals surface area (Å²) in [6.45, 7) is 6.38. The molecule has 24 heavy (non-hydrogen) atoms. The Kier molecular flexibility index (Phi) is 5.64. The number of carboxylic acids is 1. The van der Waals surface area contributed by atoms with Gasteiger partial charge in [0.05, 0.1) is 6.54 Å². The Hall–Kier alpha value is -1.89. The van der Waals surface area contributed by atoms with Crippen molar-refractivity contribution in [3.05, 3.63) is 23.8 Å². The van der Waals surface area contributed by atoms with E-state index >= 15 is 0 Å². The molecule has 1 saturated heterocycles. The van der Waals surface area contributed by atoms with E-state index in [0.717, 1.165) is 4.90 Å². The Bertz CT molecular complexity index is 626. The van der Waals surface area contributed by atoms with E-state index in [9.17, 15) is 14.7 Å². The highest BCUT2D eigenvalue weighted by Gasteiger charge is 2.31. The molecular formula is C17H23NO5S. The Balaban J connectivity index is 2.05. The monoisotopic (exact) mass is 353 g/mol. The first-order valence-corrected chi connectivity index (χ1v) is 8.98. The number of benzene rings is 1. The Morgan fingerprint density at radius 2 is 2.04 bits per heavy atom. The average molecular weight is 353 g/mol. The van der Waals surface area contributed by atoms with Crippen molar-refractivity contribution in [1.29, 1.82) is 0 Å². The molecule has 6 nitrogen and oxygen atoms in total. The second-order valence-electron chi connectivity index (χ2n) is 6.62. The first-order chi connectivity index (χ1) is 11.2. The van der Waals surface area contributed by atoms with Crippen LogP contribution in [-0.2, 0) is 4.74 Å². The molecule has 0 saturated carbocycles. The fraction of sp³-hybridized carbons (Fsp3) is 0.529. The number of hydrogen-bond acceptors (Lipinski definition) is 5. The van der Waals surface area contributed by atoms with E-state index in [1.165, 1.54) is 11.8 Å². The largest absolute Gasteiger partial charge is 0.488 e. The summed E-state index contributed by atoms with van der Waals surface area (Å²) in [5.74, 6) is -0.690. The molecule has 2 rings (SSSR count). The van der Waals surface area contributed by atoms with E-state index in [0.29, 0.717) is 25.3 Å². The maximum atomic E-state index is 12.1. The summed E-state index contributed by atoms with van der Waals surface area (Å²) in [5.41, 5.74) is -0.414. The molecule has 1 atom stereocenters. The average Bonchev–Trinajstić information content (AvgIpc) is 2.93. The highest BCUT2D eigenvalue weighted by Crippen LogP contribution is 2.28. The second-order valence-corrected chi connectivity index (χ2v) is 7.50. The first-order valence-electron chi connectivity index (χ1n) is 7.75. The summed E-state index contributed by atoms with van der Waals surface area (Å²) in [6, 6.07) is 5.02. The summed E-state index contributed by atoms with van der Waals surface area (Å²) in [6.07, 6.45) is 1.94. The maximum absolute atomic E-state index is 12.1. The van der Waals surface area contributed by atoms with E-state index in [2.05, 4.69) is 0 Å². The molecule has 1 aliphatic rings. The highest BCUT2D eigenvalue weighted by atomic mass is 32.2. The lowest BCUT2D eigenvalue weighted by Gasteiger charge is -2.24. The maximum Gasteiger partial charge on any atom is 0.410 e. The minimum atomic E-state index is -1.03. The van der Waals surface area contributed by atoms with E-state index in [1.54, 1.807) is 23.1 Å². The summed E-state index contributed by atoms with van der Waals surface area (Å²) in [4.78, 5) is 26.0. The number of aromatic carboxylic acids is 1. The van der Waals surface area contributed by atoms with Crippen LogP contribution >= 0.6 is 11.8 Å². The number of hydrogen-bond donors (Lipinski definition) is 1.